The molecule has 0 fully saturated rings. The number of benzene rings is 1. The van der Waals surface area contributed by atoms with Crippen molar-refractivity contribution < 1.29 is 5.11 Å². The van der Waals surface area contributed by atoms with Gasteiger partial charge in [-0.25, -0.2) is 0 Å². The van der Waals surface area contributed by atoms with E-state index in [1.54, 1.807) is 12.1 Å². The molecule has 0 saturated heterocycles. The smallest absolute Gasteiger partial charge is 0.181 e. The van der Waals surface area contributed by atoms with Gasteiger partial charge in [0.05, 0.1) is 6.07 Å². The summed E-state index contributed by atoms with van der Waals surface area (Å²) in [5, 5.41) is 19.3. The fourth-order valence-electron chi connectivity index (χ4n) is 0.901. The lowest BCUT2D eigenvalue weighted by atomic mass is 10.1. The highest BCUT2D eigenvalue weighted by molar-refractivity contribution is 5.31. The Morgan fingerprint density at radius 1 is 1.36 bits per heavy atom. The van der Waals surface area contributed by atoms with Crippen molar-refractivity contribution in [1.29, 1.82) is 5.26 Å². The van der Waals surface area contributed by atoms with Crippen molar-refractivity contribution in [2.24, 2.45) is 0 Å². The maximum atomic E-state index is 11.0. The molecule has 1 radical (unpaired) electrons. The Morgan fingerprint density at radius 3 is 2.73 bits per heavy atom. The monoisotopic (exact) mass is 146 g/mol. The van der Waals surface area contributed by atoms with Crippen LogP contribution in [0.3, 0.4) is 0 Å². The van der Waals surface area contributed by atoms with Crippen LogP contribution in [-0.2, 0) is 11.5 Å². The second kappa shape index (κ2) is 3.62. The first-order valence-corrected chi connectivity index (χ1v) is 3.46. The van der Waals surface area contributed by atoms with Gasteiger partial charge in [-0.05, 0) is 12.5 Å². The van der Waals surface area contributed by atoms with Crippen molar-refractivity contribution in [1.82, 2.24) is 0 Å². The van der Waals surface area contributed by atoms with Gasteiger partial charge in [0.2, 0.25) is 0 Å². The topological polar surface area (TPSA) is 43.7 Å². The molecule has 0 unspecified atom stereocenters. The van der Waals surface area contributed by atoms with Crippen molar-refractivity contribution in [3.05, 3.63) is 29.8 Å². The highest BCUT2D eigenvalue weighted by atomic mass is 16.3. The standard InChI is InChI=1S/C9H8NO/c10-7-3-5-8-4-1-2-6-9(8)11/h1-2,4,6H,3,5H2. The molecule has 0 aliphatic heterocycles. The van der Waals surface area contributed by atoms with Crippen LogP contribution in [-0.4, -0.2) is 0 Å². The van der Waals surface area contributed by atoms with Crippen LogP contribution >= 0.6 is 0 Å². The molecule has 2 heteroatoms. The third-order valence-corrected chi connectivity index (χ3v) is 1.48. The third-order valence-electron chi connectivity index (χ3n) is 1.48. The summed E-state index contributed by atoms with van der Waals surface area (Å²) < 4.78 is 0. The molecular weight excluding hydrogens is 138 g/mol. The Balaban J connectivity index is 2.71. The van der Waals surface area contributed by atoms with Crippen LogP contribution in [0.2, 0.25) is 0 Å². The maximum Gasteiger partial charge on any atom is 0.181 e. The number of nitriles is 1. The van der Waals surface area contributed by atoms with Crippen LogP contribution in [0.25, 0.3) is 0 Å². The van der Waals surface area contributed by atoms with Crippen molar-refractivity contribution in [3.63, 3.8) is 0 Å². The van der Waals surface area contributed by atoms with E-state index in [-0.39, 0.29) is 5.75 Å². The van der Waals surface area contributed by atoms with Crippen molar-refractivity contribution >= 4 is 0 Å². The predicted octanol–water partition coefficient (Wildman–Crippen LogP) is 2.29. The van der Waals surface area contributed by atoms with E-state index in [9.17, 15) is 5.11 Å². The first kappa shape index (κ1) is 7.62. The fourth-order valence-corrected chi connectivity index (χ4v) is 0.901. The first-order valence-electron chi connectivity index (χ1n) is 3.46. The lowest BCUT2D eigenvalue weighted by molar-refractivity contribution is 0.350. The second-order valence-electron chi connectivity index (χ2n) is 2.27. The number of rotatable bonds is 2. The van der Waals surface area contributed by atoms with E-state index in [0.717, 1.165) is 5.56 Å². The molecule has 0 atom stereocenters. The molecule has 1 rings (SSSR count). The minimum absolute atomic E-state index is 0.0303. The van der Waals surface area contributed by atoms with Gasteiger partial charge in [-0.2, -0.15) is 5.26 Å². The van der Waals surface area contributed by atoms with Gasteiger partial charge in [0.15, 0.2) is 5.75 Å². The highest BCUT2D eigenvalue weighted by Gasteiger charge is 1.99. The minimum atomic E-state index is 0.0303. The van der Waals surface area contributed by atoms with Gasteiger partial charge in [0.1, 0.15) is 0 Å². The van der Waals surface area contributed by atoms with Crippen molar-refractivity contribution in [2.75, 3.05) is 0 Å². The van der Waals surface area contributed by atoms with E-state index < -0.39 is 0 Å². The summed E-state index contributed by atoms with van der Waals surface area (Å²) in [6, 6.07) is 8.81. The zero-order chi connectivity index (χ0) is 8.10. The molecule has 0 saturated carbocycles. The zero-order valence-electron chi connectivity index (χ0n) is 6.08. The Kier molecular flexibility index (Phi) is 2.51. The van der Waals surface area contributed by atoms with Gasteiger partial charge in [0.25, 0.3) is 0 Å². The first-order chi connectivity index (χ1) is 5.34. The summed E-state index contributed by atoms with van der Waals surface area (Å²) in [6.45, 7) is 0. The van der Waals surface area contributed by atoms with Gasteiger partial charge >= 0.3 is 0 Å². The molecule has 0 N–H and O–H groups in total. The Hall–Kier alpha value is -1.49. The van der Waals surface area contributed by atoms with Crippen LogP contribution < -0.4 is 0 Å². The highest BCUT2D eigenvalue weighted by Crippen LogP contribution is 2.17. The molecule has 0 aliphatic rings. The normalized spacial score (nSPS) is 9.00. The number of nitrogens with zero attached hydrogens (tertiary/aromatic N) is 1. The molecule has 0 aliphatic carbocycles. The quantitative estimate of drug-likeness (QED) is 0.631. The van der Waals surface area contributed by atoms with E-state index in [1.807, 2.05) is 12.1 Å². The van der Waals surface area contributed by atoms with E-state index in [0.29, 0.717) is 12.8 Å². The predicted molar refractivity (Wildman–Crippen MR) is 40.5 cm³/mol. The van der Waals surface area contributed by atoms with Gasteiger partial charge in [-0.1, -0.05) is 18.2 Å². The van der Waals surface area contributed by atoms with E-state index >= 15 is 0 Å². The maximum absolute atomic E-state index is 11.0. The van der Waals surface area contributed by atoms with E-state index in [2.05, 4.69) is 0 Å². The molecule has 11 heavy (non-hydrogen) atoms. The van der Waals surface area contributed by atoms with Gasteiger partial charge in [0, 0.05) is 12.0 Å². The largest absolute Gasteiger partial charge is 0.290 e. The van der Waals surface area contributed by atoms with Crippen LogP contribution in [0.4, 0.5) is 0 Å². The molecule has 0 spiro atoms. The average molecular weight is 146 g/mol. The summed E-state index contributed by atoms with van der Waals surface area (Å²) in [5.74, 6) is 0.0303. The molecule has 0 heterocycles. The van der Waals surface area contributed by atoms with Crippen molar-refractivity contribution in [2.45, 2.75) is 12.8 Å². The van der Waals surface area contributed by atoms with Crippen LogP contribution in [0.15, 0.2) is 24.3 Å². The summed E-state index contributed by atoms with van der Waals surface area (Å²) in [4.78, 5) is 0. The molecule has 1 aromatic rings. The average Bonchev–Trinajstić information content (AvgIpc) is 2.03. The summed E-state index contributed by atoms with van der Waals surface area (Å²) in [6.07, 6.45) is 0.982. The fraction of sp³-hybridized carbons (Fsp3) is 0.222. The van der Waals surface area contributed by atoms with Crippen LogP contribution in [0, 0.1) is 11.3 Å². The van der Waals surface area contributed by atoms with Gasteiger partial charge in [-0.15, -0.1) is 0 Å². The van der Waals surface area contributed by atoms with E-state index in [1.165, 1.54) is 6.07 Å². The Bertz CT molecular complexity index is 275. The number of hydrogen-bond acceptors (Lipinski definition) is 1. The van der Waals surface area contributed by atoms with Gasteiger partial charge < -0.3 is 0 Å². The lowest BCUT2D eigenvalue weighted by Crippen LogP contribution is -1.82. The summed E-state index contributed by atoms with van der Waals surface area (Å²) >= 11 is 0. The molecule has 1 aromatic carbocycles. The number of aryl methyl sites for hydroxylation is 1. The second-order valence-corrected chi connectivity index (χ2v) is 2.27. The molecule has 2 nitrogen and oxygen atoms in total. The van der Waals surface area contributed by atoms with Crippen LogP contribution in [0.5, 0.6) is 5.75 Å². The third kappa shape index (κ3) is 1.98. The summed E-state index contributed by atoms with van der Waals surface area (Å²) in [5.41, 5.74) is 0.731. The van der Waals surface area contributed by atoms with E-state index in [4.69, 9.17) is 5.26 Å². The lowest BCUT2D eigenvalue weighted by Gasteiger charge is -1.96. The molecule has 0 amide bonds. The summed E-state index contributed by atoms with van der Waals surface area (Å²) in [7, 11) is 0. The molecule has 0 aromatic heterocycles. The van der Waals surface area contributed by atoms with Crippen LogP contribution in [0.1, 0.15) is 12.0 Å². The SMILES string of the molecule is N#CCCc1ccccc1[O]. The zero-order valence-corrected chi connectivity index (χ0v) is 6.08. The Labute approximate surface area is 65.7 Å². The minimum Gasteiger partial charge on any atom is -0.290 e. The number of hydrogen-bond donors (Lipinski definition) is 0. The number of para-hydroxylation sites is 1. The Morgan fingerprint density at radius 2 is 2.09 bits per heavy atom. The molecular formula is C9H8NO. The molecule has 55 valence electrons. The molecule has 0 bridgehead atoms. The van der Waals surface area contributed by atoms with Crippen molar-refractivity contribution in [3.8, 4) is 11.8 Å². The van der Waals surface area contributed by atoms with Gasteiger partial charge in [-0.3, -0.25) is 5.11 Å².